The van der Waals surface area contributed by atoms with Crippen LogP contribution < -0.4 is 10.5 Å². The largest absolute Gasteiger partial charge is 0.412 e. The number of carbonyl (C=O) groups is 1. The van der Waals surface area contributed by atoms with Crippen molar-refractivity contribution in [2.75, 3.05) is 7.05 Å². The van der Waals surface area contributed by atoms with Gasteiger partial charge in [0.15, 0.2) is 4.21 Å². The van der Waals surface area contributed by atoms with Crippen LogP contribution in [0.25, 0.3) is 11.3 Å². The molecule has 0 bridgehead atoms. The fraction of sp³-hybridized carbons (Fsp3) is 0.167. The minimum atomic E-state index is -3.89. The zero-order valence-electron chi connectivity index (χ0n) is 15.2. The van der Waals surface area contributed by atoms with E-state index in [1.54, 1.807) is 13.1 Å². The van der Waals surface area contributed by atoms with E-state index < -0.39 is 15.9 Å². The summed E-state index contributed by atoms with van der Waals surface area (Å²) in [5.41, 5.74) is 2.72. The van der Waals surface area contributed by atoms with Crippen molar-refractivity contribution in [1.82, 2.24) is 15.3 Å². The van der Waals surface area contributed by atoms with Gasteiger partial charge >= 0.3 is 0 Å². The first kappa shape index (κ1) is 21.6. The van der Waals surface area contributed by atoms with Gasteiger partial charge in [0.25, 0.3) is 0 Å². The fourth-order valence-electron chi connectivity index (χ4n) is 2.72. The number of benzene rings is 1. The Labute approximate surface area is 166 Å². The standard InChI is InChI=1S/C18H18N4O3S2.H2O/c1-11-18(27(19,24)25)26-17(22-11)15(16(23)20-2)13-8-6-12(7-9-13)14-5-3-4-10-21-14;/h3-10,15H,1-2H3,(H,20,23)(H2,19,24,25);1H2. The second-order valence-corrected chi connectivity index (χ2v) is 8.64. The smallest absolute Gasteiger partial charge is 0.249 e. The number of sulfonamides is 1. The van der Waals surface area contributed by atoms with Crippen LogP contribution in [-0.2, 0) is 14.8 Å². The molecule has 8 nitrogen and oxygen atoms in total. The molecule has 0 saturated carbocycles. The van der Waals surface area contributed by atoms with Gasteiger partial charge in [0.2, 0.25) is 15.9 Å². The van der Waals surface area contributed by atoms with Crippen molar-refractivity contribution in [3.05, 3.63) is 64.9 Å². The van der Waals surface area contributed by atoms with Gasteiger partial charge in [0.05, 0.1) is 11.4 Å². The van der Waals surface area contributed by atoms with Gasteiger partial charge in [-0.05, 0) is 24.6 Å². The van der Waals surface area contributed by atoms with Crippen LogP contribution in [0.1, 0.15) is 22.2 Å². The van der Waals surface area contributed by atoms with Crippen molar-refractivity contribution < 1.29 is 18.7 Å². The molecular weight excluding hydrogens is 400 g/mol. The van der Waals surface area contributed by atoms with Crippen LogP contribution >= 0.6 is 11.3 Å². The molecule has 1 aromatic carbocycles. The van der Waals surface area contributed by atoms with Gasteiger partial charge in [-0.15, -0.1) is 11.3 Å². The third kappa shape index (κ3) is 4.42. The van der Waals surface area contributed by atoms with Crippen molar-refractivity contribution in [3.8, 4) is 11.3 Å². The summed E-state index contributed by atoms with van der Waals surface area (Å²) >= 11 is 0.916. The van der Waals surface area contributed by atoms with Gasteiger partial charge in [-0.1, -0.05) is 30.3 Å². The predicted molar refractivity (Wildman–Crippen MR) is 107 cm³/mol. The van der Waals surface area contributed by atoms with Crippen molar-refractivity contribution >= 4 is 27.3 Å². The molecule has 3 aromatic rings. The Morgan fingerprint density at radius 2 is 1.86 bits per heavy atom. The van der Waals surface area contributed by atoms with Crippen LogP contribution in [0.5, 0.6) is 0 Å². The van der Waals surface area contributed by atoms with E-state index in [1.165, 1.54) is 7.05 Å². The Balaban J connectivity index is 0.00000280. The Bertz CT molecular complexity index is 1060. The molecule has 0 radical (unpaired) electrons. The highest BCUT2D eigenvalue weighted by molar-refractivity contribution is 7.91. The number of aryl methyl sites for hydroxylation is 1. The molecule has 0 saturated heterocycles. The van der Waals surface area contributed by atoms with Gasteiger partial charge in [0.1, 0.15) is 10.9 Å². The molecule has 28 heavy (non-hydrogen) atoms. The molecule has 0 aliphatic carbocycles. The molecule has 1 atom stereocenters. The van der Waals surface area contributed by atoms with E-state index in [0.717, 1.165) is 22.6 Å². The predicted octanol–water partition coefficient (Wildman–Crippen LogP) is 1.21. The molecule has 0 spiro atoms. The van der Waals surface area contributed by atoms with Crippen LogP contribution in [0.3, 0.4) is 0 Å². The van der Waals surface area contributed by atoms with Crippen molar-refractivity contribution in [2.24, 2.45) is 5.14 Å². The Morgan fingerprint density at radius 1 is 1.18 bits per heavy atom. The van der Waals surface area contributed by atoms with E-state index in [9.17, 15) is 13.2 Å². The highest BCUT2D eigenvalue weighted by atomic mass is 32.2. The van der Waals surface area contributed by atoms with Crippen LogP contribution in [0.15, 0.2) is 52.9 Å². The SMILES string of the molecule is CNC(=O)C(c1ccc(-c2ccccn2)cc1)c1nc(C)c(S(N)(=O)=O)s1.O. The normalized spacial score (nSPS) is 12.1. The van der Waals surface area contributed by atoms with Gasteiger partial charge in [0, 0.05) is 18.8 Å². The van der Waals surface area contributed by atoms with E-state index in [1.807, 2.05) is 42.5 Å². The average molecular weight is 421 g/mol. The number of primary sulfonamides is 1. The number of hydrogen-bond donors (Lipinski definition) is 2. The summed E-state index contributed by atoms with van der Waals surface area (Å²) in [6.07, 6.45) is 1.71. The number of nitrogens with two attached hydrogens (primary N) is 1. The number of nitrogens with one attached hydrogen (secondary N) is 1. The van der Waals surface area contributed by atoms with Gasteiger partial charge in [-0.3, -0.25) is 9.78 Å². The molecule has 2 heterocycles. The highest BCUT2D eigenvalue weighted by Crippen LogP contribution is 2.33. The molecule has 10 heteroatoms. The summed E-state index contributed by atoms with van der Waals surface area (Å²) in [5.74, 6) is -1.01. The maximum atomic E-state index is 12.5. The summed E-state index contributed by atoms with van der Waals surface area (Å²) in [6, 6.07) is 13.0. The first-order valence-electron chi connectivity index (χ1n) is 8.04. The third-order valence-corrected chi connectivity index (χ3v) is 6.77. The number of carbonyl (C=O) groups excluding carboxylic acids is 1. The van der Waals surface area contributed by atoms with Gasteiger partial charge in [-0.25, -0.2) is 18.5 Å². The summed E-state index contributed by atoms with van der Waals surface area (Å²) < 4.78 is 23.4. The van der Waals surface area contributed by atoms with Gasteiger partial charge < -0.3 is 10.8 Å². The van der Waals surface area contributed by atoms with Crippen LogP contribution in [0.2, 0.25) is 0 Å². The number of likely N-dealkylation sites (N-methyl/N-ethyl adjacent to an activating group) is 1. The molecule has 2 aromatic heterocycles. The summed E-state index contributed by atoms with van der Waals surface area (Å²) in [6.45, 7) is 1.56. The van der Waals surface area contributed by atoms with Crippen molar-refractivity contribution in [3.63, 3.8) is 0 Å². The molecule has 0 aliphatic heterocycles. The molecule has 1 unspecified atom stereocenters. The molecule has 1 amide bonds. The van der Waals surface area contributed by atoms with E-state index >= 15 is 0 Å². The lowest BCUT2D eigenvalue weighted by Gasteiger charge is -2.14. The second-order valence-electron chi connectivity index (χ2n) is 5.85. The highest BCUT2D eigenvalue weighted by Gasteiger charge is 2.28. The number of aromatic nitrogens is 2. The van der Waals surface area contributed by atoms with Crippen LogP contribution in [0.4, 0.5) is 0 Å². The van der Waals surface area contributed by atoms with Crippen LogP contribution in [-0.4, -0.2) is 36.8 Å². The lowest BCUT2D eigenvalue weighted by Crippen LogP contribution is -2.26. The van der Waals surface area contributed by atoms with E-state index in [0.29, 0.717) is 10.6 Å². The third-order valence-electron chi connectivity index (χ3n) is 3.99. The van der Waals surface area contributed by atoms with Crippen LogP contribution in [0, 0.1) is 6.92 Å². The quantitative estimate of drug-likeness (QED) is 0.637. The number of rotatable bonds is 5. The Morgan fingerprint density at radius 3 is 2.36 bits per heavy atom. The average Bonchev–Trinajstić information content (AvgIpc) is 3.04. The summed E-state index contributed by atoms with van der Waals surface area (Å²) in [4.78, 5) is 21.1. The molecule has 3 rings (SSSR count). The molecular formula is C18H20N4O4S2. The molecule has 148 valence electrons. The fourth-order valence-corrected chi connectivity index (χ4v) is 4.83. The lowest BCUT2D eigenvalue weighted by molar-refractivity contribution is -0.121. The van der Waals surface area contributed by atoms with E-state index in [2.05, 4.69) is 15.3 Å². The zero-order valence-corrected chi connectivity index (χ0v) is 16.8. The lowest BCUT2D eigenvalue weighted by atomic mass is 9.97. The maximum absolute atomic E-state index is 12.5. The molecule has 5 N–H and O–H groups in total. The van der Waals surface area contributed by atoms with Gasteiger partial charge in [-0.2, -0.15) is 0 Å². The monoisotopic (exact) mass is 420 g/mol. The van der Waals surface area contributed by atoms with Crippen molar-refractivity contribution in [1.29, 1.82) is 0 Å². The van der Waals surface area contributed by atoms with Crippen molar-refractivity contribution in [2.45, 2.75) is 17.1 Å². The zero-order chi connectivity index (χ0) is 19.6. The number of thiazole rings is 1. The Kier molecular flexibility index (Phi) is 6.62. The first-order valence-corrected chi connectivity index (χ1v) is 10.4. The molecule has 0 aliphatic rings. The summed E-state index contributed by atoms with van der Waals surface area (Å²) in [7, 11) is -2.36. The maximum Gasteiger partial charge on any atom is 0.249 e. The first-order chi connectivity index (χ1) is 12.8. The van der Waals surface area contributed by atoms with E-state index in [-0.39, 0.29) is 21.3 Å². The topological polar surface area (TPSA) is 147 Å². The number of hydrogen-bond acceptors (Lipinski definition) is 6. The minimum Gasteiger partial charge on any atom is -0.412 e. The Hall–Kier alpha value is -2.66. The second kappa shape index (κ2) is 8.57. The number of nitrogens with zero attached hydrogens (tertiary/aromatic N) is 2. The number of pyridine rings is 1. The summed E-state index contributed by atoms with van der Waals surface area (Å²) in [5, 5.41) is 8.22. The van der Waals surface area contributed by atoms with E-state index in [4.69, 9.17) is 5.14 Å². The number of amides is 1. The molecule has 0 fully saturated rings. The minimum absolute atomic E-state index is 0.